The summed E-state index contributed by atoms with van der Waals surface area (Å²) in [6.45, 7) is 3.53. The quantitative estimate of drug-likeness (QED) is 0.484. The van der Waals surface area contributed by atoms with Gasteiger partial charge in [-0.3, -0.25) is 4.79 Å². The molecule has 1 heterocycles. The molecule has 0 unspecified atom stereocenters. The lowest BCUT2D eigenvalue weighted by Crippen LogP contribution is -2.14. The van der Waals surface area contributed by atoms with Gasteiger partial charge in [0.25, 0.3) is 0 Å². The second kappa shape index (κ2) is 8.00. The Kier molecular flexibility index (Phi) is 5.49. The Morgan fingerprint density at radius 2 is 1.71 bits per heavy atom. The molecule has 0 aliphatic rings. The molecule has 0 aliphatic heterocycles. The maximum Gasteiger partial charge on any atom is 0.336 e. The van der Waals surface area contributed by atoms with E-state index < -0.39 is 11.4 Å². The molecule has 6 heteroatoms. The number of methoxy groups -OCH3 is 2. The van der Waals surface area contributed by atoms with Crippen LogP contribution in [-0.2, 0) is 4.79 Å². The monoisotopic (exact) mass is 380 g/mol. The summed E-state index contributed by atoms with van der Waals surface area (Å²) in [5.74, 6) is 0.299. The average Bonchev–Trinajstić information content (AvgIpc) is 2.68. The third-order valence-corrected chi connectivity index (χ3v) is 4.01. The zero-order valence-corrected chi connectivity index (χ0v) is 16.1. The topological polar surface area (TPSA) is 75.0 Å². The van der Waals surface area contributed by atoms with E-state index in [9.17, 15) is 9.59 Å². The fraction of sp³-hybridized carbons (Fsp3) is 0.182. The van der Waals surface area contributed by atoms with Crippen LogP contribution in [0.2, 0.25) is 0 Å². The van der Waals surface area contributed by atoms with Crippen LogP contribution in [0.15, 0.2) is 63.3 Å². The van der Waals surface area contributed by atoms with Crippen molar-refractivity contribution in [1.29, 1.82) is 0 Å². The van der Waals surface area contributed by atoms with Crippen molar-refractivity contribution < 1.29 is 23.4 Å². The van der Waals surface area contributed by atoms with Crippen LogP contribution in [-0.4, -0.2) is 20.2 Å². The first-order valence-corrected chi connectivity index (χ1v) is 8.59. The Morgan fingerprint density at radius 1 is 1.00 bits per heavy atom. The van der Waals surface area contributed by atoms with E-state index in [4.69, 9.17) is 18.6 Å². The van der Waals surface area contributed by atoms with Crippen molar-refractivity contribution in [3.63, 3.8) is 0 Å². The number of allylic oxidation sites excluding steroid dienone is 1. The minimum Gasteiger partial charge on any atom is -0.493 e. The van der Waals surface area contributed by atoms with E-state index in [1.807, 2.05) is 0 Å². The molecule has 1 aromatic heterocycles. The van der Waals surface area contributed by atoms with Crippen molar-refractivity contribution >= 4 is 16.9 Å². The van der Waals surface area contributed by atoms with Crippen LogP contribution in [0.3, 0.4) is 0 Å². The number of rotatable bonds is 5. The lowest BCUT2D eigenvalue weighted by Gasteiger charge is -2.12. The van der Waals surface area contributed by atoms with Crippen LogP contribution in [0.25, 0.3) is 22.3 Å². The highest BCUT2D eigenvalue weighted by atomic mass is 16.5. The predicted octanol–water partition coefficient (Wildman–Crippen LogP) is 4.35. The summed E-state index contributed by atoms with van der Waals surface area (Å²) in [7, 11) is 3.04. The number of benzene rings is 2. The maximum absolute atomic E-state index is 13.0. The van der Waals surface area contributed by atoms with Crippen LogP contribution in [0, 0.1) is 0 Å². The van der Waals surface area contributed by atoms with Gasteiger partial charge in [0.2, 0.25) is 11.2 Å². The van der Waals surface area contributed by atoms with Crippen molar-refractivity contribution in [3.05, 3.63) is 64.3 Å². The molecule has 0 N–H and O–H groups in total. The number of hydrogen-bond donors (Lipinski definition) is 0. The van der Waals surface area contributed by atoms with E-state index >= 15 is 0 Å². The molecular weight excluding hydrogens is 360 g/mol. The van der Waals surface area contributed by atoms with Crippen LogP contribution in [0.5, 0.6) is 17.2 Å². The van der Waals surface area contributed by atoms with Gasteiger partial charge in [0.15, 0.2) is 17.3 Å². The summed E-state index contributed by atoms with van der Waals surface area (Å²) < 4.78 is 21.9. The zero-order chi connectivity index (χ0) is 20.3. The molecule has 0 spiro atoms. The number of carbonyl (C=O) groups is 1. The highest BCUT2D eigenvalue weighted by Crippen LogP contribution is 2.36. The van der Waals surface area contributed by atoms with Crippen molar-refractivity contribution in [1.82, 2.24) is 0 Å². The predicted molar refractivity (Wildman–Crippen MR) is 106 cm³/mol. The van der Waals surface area contributed by atoms with Crippen molar-refractivity contribution in [2.45, 2.75) is 13.8 Å². The third-order valence-electron chi connectivity index (χ3n) is 4.01. The molecule has 144 valence electrons. The number of hydrogen-bond acceptors (Lipinski definition) is 6. The van der Waals surface area contributed by atoms with Gasteiger partial charge in [0.05, 0.1) is 19.6 Å². The average molecular weight is 380 g/mol. The number of fused-ring (bicyclic) bond motifs is 1. The molecule has 0 atom stereocenters. The van der Waals surface area contributed by atoms with E-state index in [1.54, 1.807) is 56.3 Å². The summed E-state index contributed by atoms with van der Waals surface area (Å²) in [4.78, 5) is 25.2. The summed E-state index contributed by atoms with van der Waals surface area (Å²) in [5, 5.41) is 0.326. The van der Waals surface area contributed by atoms with E-state index in [0.29, 0.717) is 28.0 Å². The second-order valence-corrected chi connectivity index (χ2v) is 6.30. The number of carbonyl (C=O) groups excluding carboxylic acids is 1. The van der Waals surface area contributed by atoms with E-state index in [1.165, 1.54) is 20.3 Å². The summed E-state index contributed by atoms with van der Waals surface area (Å²) in [5.41, 5.74) is 1.23. The highest BCUT2D eigenvalue weighted by Gasteiger charge is 2.21. The molecule has 2 aromatic carbocycles. The van der Waals surface area contributed by atoms with Gasteiger partial charge in [-0.15, -0.1) is 0 Å². The molecule has 6 nitrogen and oxygen atoms in total. The Balaban J connectivity index is 2.25. The van der Waals surface area contributed by atoms with Crippen molar-refractivity contribution in [2.24, 2.45) is 0 Å². The van der Waals surface area contributed by atoms with E-state index in [2.05, 4.69) is 0 Å². The largest absolute Gasteiger partial charge is 0.493 e. The van der Waals surface area contributed by atoms with Gasteiger partial charge >= 0.3 is 5.97 Å². The smallest absolute Gasteiger partial charge is 0.336 e. The van der Waals surface area contributed by atoms with E-state index in [-0.39, 0.29) is 11.5 Å². The molecular formula is C22H20O6. The molecule has 3 aromatic rings. The standard InChI is InChI=1S/C22H20O6/c1-13(2)11-19(23)28-22-20(24)15-7-5-6-8-16(15)27-21(22)14-9-10-17(25-3)18(12-14)26-4/h5-12H,1-4H3. The van der Waals surface area contributed by atoms with E-state index in [0.717, 1.165) is 5.57 Å². The lowest BCUT2D eigenvalue weighted by molar-refractivity contribution is -0.129. The first-order chi connectivity index (χ1) is 13.4. The minimum absolute atomic E-state index is 0.139. The first-order valence-electron chi connectivity index (χ1n) is 8.59. The van der Waals surface area contributed by atoms with Crippen LogP contribution in [0.4, 0.5) is 0 Å². The normalized spacial score (nSPS) is 10.4. The lowest BCUT2D eigenvalue weighted by atomic mass is 10.1. The van der Waals surface area contributed by atoms with Gasteiger partial charge < -0.3 is 18.6 Å². The van der Waals surface area contributed by atoms with Crippen LogP contribution >= 0.6 is 0 Å². The Morgan fingerprint density at radius 3 is 2.39 bits per heavy atom. The molecule has 28 heavy (non-hydrogen) atoms. The number of para-hydroxylation sites is 1. The fourth-order valence-electron chi connectivity index (χ4n) is 2.75. The third kappa shape index (κ3) is 3.76. The van der Waals surface area contributed by atoms with Crippen LogP contribution in [0.1, 0.15) is 13.8 Å². The summed E-state index contributed by atoms with van der Waals surface area (Å²) in [6.07, 6.45) is 1.31. The van der Waals surface area contributed by atoms with Crippen molar-refractivity contribution in [2.75, 3.05) is 14.2 Å². The Labute approximate surface area is 162 Å². The Hall–Kier alpha value is -3.54. The SMILES string of the molecule is COc1ccc(-c2oc3ccccc3c(=O)c2OC(=O)C=C(C)C)cc1OC. The van der Waals surface area contributed by atoms with Gasteiger partial charge in [-0.1, -0.05) is 17.7 Å². The molecule has 0 fully saturated rings. The van der Waals surface area contributed by atoms with Gasteiger partial charge in [-0.2, -0.15) is 0 Å². The van der Waals surface area contributed by atoms with Crippen LogP contribution < -0.4 is 19.6 Å². The molecule has 0 radical (unpaired) electrons. The highest BCUT2D eigenvalue weighted by molar-refractivity contribution is 5.88. The summed E-state index contributed by atoms with van der Waals surface area (Å²) >= 11 is 0. The van der Waals surface area contributed by atoms with Gasteiger partial charge in [0.1, 0.15) is 5.58 Å². The maximum atomic E-state index is 13.0. The van der Waals surface area contributed by atoms with Gasteiger partial charge in [-0.05, 0) is 44.2 Å². The zero-order valence-electron chi connectivity index (χ0n) is 16.1. The number of esters is 1. The molecule has 0 saturated carbocycles. The Bertz CT molecular complexity index is 1120. The molecule has 0 aliphatic carbocycles. The molecule has 0 amide bonds. The van der Waals surface area contributed by atoms with Crippen molar-refractivity contribution in [3.8, 4) is 28.6 Å². The van der Waals surface area contributed by atoms with Gasteiger partial charge in [0, 0.05) is 11.6 Å². The molecule has 3 rings (SSSR count). The molecule has 0 bridgehead atoms. The summed E-state index contributed by atoms with van der Waals surface area (Å²) in [6, 6.07) is 11.8. The second-order valence-electron chi connectivity index (χ2n) is 6.30. The fourth-order valence-corrected chi connectivity index (χ4v) is 2.75. The minimum atomic E-state index is -0.649. The number of ether oxygens (including phenoxy) is 3. The van der Waals surface area contributed by atoms with Gasteiger partial charge in [-0.25, -0.2) is 4.79 Å². The molecule has 0 saturated heterocycles. The first kappa shape index (κ1) is 19.2.